The Labute approximate surface area is 126 Å². The lowest BCUT2D eigenvalue weighted by atomic mass is 9.94. The third-order valence-corrected chi connectivity index (χ3v) is 4.58. The first-order valence-corrected chi connectivity index (χ1v) is 8.05. The standard InChI is InChI=1S/C17H27FN2O/c1-2-16(19)17(14-9-3-4-10-15(14)18)20-11-5-7-13(20)8-6-12-21/h3-4,9-10,13,16-17,21H,2,5-8,11-12,19H2,1H3. The van der Waals surface area contributed by atoms with Gasteiger partial charge in [0.15, 0.2) is 0 Å². The molecule has 1 saturated heterocycles. The Hall–Kier alpha value is -0.970. The molecule has 0 radical (unpaired) electrons. The van der Waals surface area contributed by atoms with Gasteiger partial charge in [-0.1, -0.05) is 25.1 Å². The van der Waals surface area contributed by atoms with Gasteiger partial charge in [0.2, 0.25) is 0 Å². The van der Waals surface area contributed by atoms with Crippen LogP contribution in [0.5, 0.6) is 0 Å². The average Bonchev–Trinajstić information content (AvgIpc) is 2.95. The van der Waals surface area contributed by atoms with Crippen LogP contribution < -0.4 is 5.73 Å². The largest absolute Gasteiger partial charge is 0.396 e. The van der Waals surface area contributed by atoms with E-state index in [-0.39, 0.29) is 24.5 Å². The van der Waals surface area contributed by atoms with Crippen LogP contribution in [0.25, 0.3) is 0 Å². The van der Waals surface area contributed by atoms with Crippen LogP contribution in [0.1, 0.15) is 50.6 Å². The van der Waals surface area contributed by atoms with E-state index < -0.39 is 0 Å². The third-order valence-electron chi connectivity index (χ3n) is 4.58. The molecular formula is C17H27FN2O. The van der Waals surface area contributed by atoms with Crippen LogP contribution in [-0.4, -0.2) is 35.2 Å². The third kappa shape index (κ3) is 3.82. The van der Waals surface area contributed by atoms with E-state index in [4.69, 9.17) is 10.8 Å². The Morgan fingerprint density at radius 1 is 1.43 bits per heavy atom. The maximum absolute atomic E-state index is 14.2. The number of nitrogens with zero attached hydrogens (tertiary/aromatic N) is 1. The van der Waals surface area contributed by atoms with Crippen molar-refractivity contribution >= 4 is 0 Å². The van der Waals surface area contributed by atoms with Crippen LogP contribution in [0.4, 0.5) is 4.39 Å². The summed E-state index contributed by atoms with van der Waals surface area (Å²) in [4.78, 5) is 2.36. The fourth-order valence-corrected chi connectivity index (χ4v) is 3.45. The Kier molecular flexibility index (Phi) is 6.15. The van der Waals surface area contributed by atoms with Gasteiger partial charge in [0, 0.05) is 24.3 Å². The van der Waals surface area contributed by atoms with Crippen LogP contribution in [0.3, 0.4) is 0 Å². The Morgan fingerprint density at radius 2 is 2.19 bits per heavy atom. The van der Waals surface area contributed by atoms with Gasteiger partial charge in [-0.2, -0.15) is 0 Å². The molecule has 2 rings (SSSR count). The monoisotopic (exact) mass is 294 g/mol. The molecule has 0 aromatic heterocycles. The molecule has 3 nitrogen and oxygen atoms in total. The van der Waals surface area contributed by atoms with E-state index in [9.17, 15) is 4.39 Å². The minimum Gasteiger partial charge on any atom is -0.396 e. The molecule has 1 aromatic carbocycles. The number of halogens is 1. The van der Waals surface area contributed by atoms with Gasteiger partial charge in [0.25, 0.3) is 0 Å². The predicted octanol–water partition coefficient (Wildman–Crippen LogP) is 2.84. The normalized spacial score (nSPS) is 22.4. The highest BCUT2D eigenvalue weighted by Gasteiger charge is 2.35. The van der Waals surface area contributed by atoms with E-state index >= 15 is 0 Å². The molecule has 1 fully saturated rings. The van der Waals surface area contributed by atoms with Gasteiger partial charge in [-0.3, -0.25) is 4.90 Å². The molecule has 0 bridgehead atoms. The number of hydrogen-bond acceptors (Lipinski definition) is 3. The summed E-state index contributed by atoms with van der Waals surface area (Å²) in [5.41, 5.74) is 7.04. The van der Waals surface area contributed by atoms with Gasteiger partial charge >= 0.3 is 0 Å². The minimum absolute atomic E-state index is 0.0672. The van der Waals surface area contributed by atoms with Crippen molar-refractivity contribution in [3.8, 4) is 0 Å². The fourth-order valence-electron chi connectivity index (χ4n) is 3.45. The highest BCUT2D eigenvalue weighted by Crippen LogP contribution is 2.35. The van der Waals surface area contributed by atoms with Crippen molar-refractivity contribution in [1.82, 2.24) is 4.90 Å². The summed E-state index contributed by atoms with van der Waals surface area (Å²) in [5, 5.41) is 9.06. The van der Waals surface area contributed by atoms with Gasteiger partial charge in [-0.05, 0) is 44.7 Å². The zero-order valence-electron chi connectivity index (χ0n) is 12.8. The molecule has 1 aromatic rings. The number of likely N-dealkylation sites (tertiary alicyclic amines) is 1. The molecular weight excluding hydrogens is 267 g/mol. The van der Waals surface area contributed by atoms with Gasteiger partial charge in [0.1, 0.15) is 5.82 Å². The second-order valence-corrected chi connectivity index (χ2v) is 5.94. The molecule has 4 heteroatoms. The van der Waals surface area contributed by atoms with Crippen molar-refractivity contribution in [3.63, 3.8) is 0 Å². The number of aliphatic hydroxyl groups excluding tert-OH is 1. The van der Waals surface area contributed by atoms with Crippen molar-refractivity contribution in [1.29, 1.82) is 0 Å². The summed E-state index contributed by atoms with van der Waals surface area (Å²) in [6.45, 7) is 3.23. The first kappa shape index (κ1) is 16.4. The topological polar surface area (TPSA) is 49.5 Å². The number of benzene rings is 1. The second-order valence-electron chi connectivity index (χ2n) is 5.94. The van der Waals surface area contributed by atoms with E-state index in [1.165, 1.54) is 6.07 Å². The Morgan fingerprint density at radius 3 is 2.86 bits per heavy atom. The molecule has 0 spiro atoms. The zero-order valence-corrected chi connectivity index (χ0v) is 12.8. The Bertz CT molecular complexity index is 441. The molecule has 1 aliphatic heterocycles. The fraction of sp³-hybridized carbons (Fsp3) is 0.647. The van der Waals surface area contributed by atoms with E-state index in [0.717, 1.165) is 38.6 Å². The van der Waals surface area contributed by atoms with Gasteiger partial charge < -0.3 is 10.8 Å². The summed E-state index contributed by atoms with van der Waals surface area (Å²) >= 11 is 0. The summed E-state index contributed by atoms with van der Waals surface area (Å²) in [7, 11) is 0. The van der Waals surface area contributed by atoms with Gasteiger partial charge in [-0.15, -0.1) is 0 Å². The lowest BCUT2D eigenvalue weighted by molar-refractivity contribution is 0.137. The SMILES string of the molecule is CCC(N)C(c1ccccc1F)N1CCCC1CCCO. The molecule has 118 valence electrons. The van der Waals surface area contributed by atoms with Crippen molar-refractivity contribution in [2.24, 2.45) is 5.73 Å². The number of rotatable bonds is 7. The molecule has 0 saturated carbocycles. The van der Waals surface area contributed by atoms with E-state index in [0.29, 0.717) is 11.6 Å². The van der Waals surface area contributed by atoms with Gasteiger partial charge in [-0.25, -0.2) is 4.39 Å². The molecule has 3 atom stereocenters. The first-order valence-electron chi connectivity index (χ1n) is 8.05. The smallest absolute Gasteiger partial charge is 0.128 e. The van der Waals surface area contributed by atoms with Crippen LogP contribution in [0.15, 0.2) is 24.3 Å². The average molecular weight is 294 g/mol. The molecule has 3 N–H and O–H groups in total. The van der Waals surface area contributed by atoms with Crippen LogP contribution in [0.2, 0.25) is 0 Å². The van der Waals surface area contributed by atoms with Crippen LogP contribution in [0, 0.1) is 5.82 Å². The molecule has 1 heterocycles. The van der Waals surface area contributed by atoms with E-state index in [2.05, 4.69) is 11.8 Å². The highest BCUT2D eigenvalue weighted by molar-refractivity contribution is 5.23. The van der Waals surface area contributed by atoms with Crippen molar-refractivity contribution in [3.05, 3.63) is 35.6 Å². The van der Waals surface area contributed by atoms with Gasteiger partial charge in [0.05, 0.1) is 6.04 Å². The molecule has 1 aliphatic rings. The molecule has 21 heavy (non-hydrogen) atoms. The molecule has 3 unspecified atom stereocenters. The lowest BCUT2D eigenvalue weighted by Gasteiger charge is -2.37. The van der Waals surface area contributed by atoms with Crippen molar-refractivity contribution in [2.45, 2.75) is 57.2 Å². The Balaban J connectivity index is 2.25. The van der Waals surface area contributed by atoms with Crippen molar-refractivity contribution < 1.29 is 9.50 Å². The predicted molar refractivity (Wildman–Crippen MR) is 83.5 cm³/mol. The van der Waals surface area contributed by atoms with Crippen LogP contribution >= 0.6 is 0 Å². The molecule has 0 aliphatic carbocycles. The second kappa shape index (κ2) is 7.87. The minimum atomic E-state index is -0.167. The number of hydrogen-bond donors (Lipinski definition) is 2. The maximum Gasteiger partial charge on any atom is 0.128 e. The summed E-state index contributed by atoms with van der Waals surface area (Å²) in [6, 6.07) is 7.24. The summed E-state index contributed by atoms with van der Waals surface area (Å²) in [6.07, 6.45) is 4.81. The van der Waals surface area contributed by atoms with E-state index in [1.807, 2.05) is 12.1 Å². The van der Waals surface area contributed by atoms with Crippen LogP contribution in [-0.2, 0) is 0 Å². The highest BCUT2D eigenvalue weighted by atomic mass is 19.1. The quantitative estimate of drug-likeness (QED) is 0.813. The summed E-state index contributed by atoms with van der Waals surface area (Å²) in [5.74, 6) is -0.167. The summed E-state index contributed by atoms with van der Waals surface area (Å²) < 4.78 is 14.2. The zero-order chi connectivity index (χ0) is 15.2. The van der Waals surface area contributed by atoms with E-state index in [1.54, 1.807) is 6.07 Å². The number of aliphatic hydroxyl groups is 1. The lowest BCUT2D eigenvalue weighted by Crippen LogP contribution is -2.43. The first-order chi connectivity index (χ1) is 10.2. The number of nitrogens with two attached hydrogens (primary N) is 1. The molecule has 0 amide bonds. The van der Waals surface area contributed by atoms with Crippen molar-refractivity contribution in [2.75, 3.05) is 13.2 Å². The maximum atomic E-state index is 14.2.